The molecule has 0 aromatic carbocycles. The van der Waals surface area contributed by atoms with Crippen LogP contribution in [0, 0.1) is 6.92 Å². The van der Waals surface area contributed by atoms with E-state index in [9.17, 15) is 0 Å². The second kappa shape index (κ2) is 9.06. The minimum atomic E-state index is 0.208. The van der Waals surface area contributed by atoms with Crippen LogP contribution in [0.4, 0.5) is 0 Å². The molecule has 1 saturated heterocycles. The first kappa shape index (κ1) is 22.1. The standard InChI is InChI=1S/C27H24N8OS/c1-15-2-3-24(37-15)20-12-30-13-23-25(20)33-27(32-23)26-19-9-21(31-14-22(19)34-35-26)16-8-18(11-29-10-16)36-17-4-6-28-7-5-17/h2-3,8-14,17,28H,4-7H2,1H3,(H,32,33)(H,34,35). The van der Waals surface area contributed by atoms with Crippen molar-refractivity contribution in [2.24, 2.45) is 0 Å². The van der Waals surface area contributed by atoms with Crippen LogP contribution in [0.1, 0.15) is 17.7 Å². The van der Waals surface area contributed by atoms with Crippen LogP contribution in [0.3, 0.4) is 0 Å². The average molecular weight is 509 g/mol. The SMILES string of the molecule is Cc1ccc(-c2cncc3[nH]c(-c4n[nH]c5cnc(-c6cncc(OC7CCNCC7)c6)cc45)nc23)s1. The van der Waals surface area contributed by atoms with Crippen LogP contribution >= 0.6 is 11.3 Å². The first-order valence-corrected chi connectivity index (χ1v) is 13.1. The van der Waals surface area contributed by atoms with Gasteiger partial charge in [-0.15, -0.1) is 11.3 Å². The highest BCUT2D eigenvalue weighted by molar-refractivity contribution is 7.15. The Morgan fingerprint density at radius 1 is 0.973 bits per heavy atom. The zero-order valence-electron chi connectivity index (χ0n) is 20.2. The third-order valence-corrected chi connectivity index (χ3v) is 7.70. The van der Waals surface area contributed by atoms with Gasteiger partial charge in [-0.25, -0.2) is 4.98 Å². The average Bonchev–Trinajstić information content (AvgIpc) is 3.66. The van der Waals surface area contributed by atoms with Crippen molar-refractivity contribution in [1.29, 1.82) is 0 Å². The van der Waals surface area contributed by atoms with Crippen molar-refractivity contribution in [3.05, 3.63) is 60.1 Å². The number of piperidine rings is 1. The summed E-state index contributed by atoms with van der Waals surface area (Å²) in [5.74, 6) is 1.45. The maximum Gasteiger partial charge on any atom is 0.159 e. The van der Waals surface area contributed by atoms with Crippen LogP contribution in [-0.4, -0.2) is 54.3 Å². The molecular weight excluding hydrogens is 484 g/mol. The number of hydrogen-bond donors (Lipinski definition) is 3. The fourth-order valence-electron chi connectivity index (χ4n) is 4.79. The molecule has 6 aromatic heterocycles. The van der Waals surface area contributed by atoms with E-state index in [1.54, 1.807) is 29.9 Å². The van der Waals surface area contributed by atoms with Crippen LogP contribution in [0.5, 0.6) is 5.75 Å². The van der Waals surface area contributed by atoms with Crippen LogP contribution < -0.4 is 10.1 Å². The number of thiophene rings is 1. The van der Waals surface area contributed by atoms with Crippen molar-refractivity contribution >= 4 is 33.3 Å². The lowest BCUT2D eigenvalue weighted by molar-refractivity contribution is 0.162. The summed E-state index contributed by atoms with van der Waals surface area (Å²) >= 11 is 1.73. The molecule has 0 atom stereocenters. The minimum Gasteiger partial charge on any atom is -0.489 e. The van der Waals surface area contributed by atoms with Gasteiger partial charge in [-0.3, -0.25) is 20.1 Å². The molecule has 7 rings (SSSR count). The quantitative estimate of drug-likeness (QED) is 0.296. The zero-order valence-corrected chi connectivity index (χ0v) is 21.0. The Morgan fingerprint density at radius 2 is 1.86 bits per heavy atom. The van der Waals surface area contributed by atoms with Gasteiger partial charge in [-0.05, 0) is 57.1 Å². The number of aryl methyl sites for hydroxylation is 1. The molecule has 9 nitrogen and oxygen atoms in total. The van der Waals surface area contributed by atoms with E-state index < -0.39 is 0 Å². The summed E-state index contributed by atoms with van der Waals surface area (Å²) in [4.78, 5) is 24.3. The molecule has 1 aliphatic rings. The second-order valence-electron chi connectivity index (χ2n) is 9.24. The van der Waals surface area contributed by atoms with Gasteiger partial charge in [-0.1, -0.05) is 0 Å². The number of aromatic nitrogens is 7. The number of nitrogens with zero attached hydrogens (tertiary/aromatic N) is 5. The van der Waals surface area contributed by atoms with E-state index in [4.69, 9.17) is 9.72 Å². The molecule has 184 valence electrons. The summed E-state index contributed by atoms with van der Waals surface area (Å²) in [7, 11) is 0. The van der Waals surface area contributed by atoms with Gasteiger partial charge in [0.25, 0.3) is 0 Å². The Bertz CT molecular complexity index is 1730. The largest absolute Gasteiger partial charge is 0.489 e. The number of rotatable bonds is 5. The number of imidazole rings is 1. The number of fused-ring (bicyclic) bond motifs is 2. The van der Waals surface area contributed by atoms with E-state index in [2.05, 4.69) is 54.5 Å². The summed E-state index contributed by atoms with van der Waals surface area (Å²) in [6, 6.07) is 8.26. The Balaban J connectivity index is 1.26. The third kappa shape index (κ3) is 4.13. The van der Waals surface area contributed by atoms with Crippen molar-refractivity contribution in [1.82, 2.24) is 40.4 Å². The highest BCUT2D eigenvalue weighted by atomic mass is 32.1. The molecule has 6 aromatic rings. The predicted molar refractivity (Wildman–Crippen MR) is 145 cm³/mol. The maximum absolute atomic E-state index is 6.20. The molecule has 0 amide bonds. The maximum atomic E-state index is 6.20. The molecule has 37 heavy (non-hydrogen) atoms. The molecule has 0 unspecified atom stereocenters. The van der Waals surface area contributed by atoms with Crippen molar-refractivity contribution < 1.29 is 4.74 Å². The molecule has 1 aliphatic heterocycles. The summed E-state index contributed by atoms with van der Waals surface area (Å²) < 4.78 is 6.20. The summed E-state index contributed by atoms with van der Waals surface area (Å²) in [5, 5.41) is 12.0. The normalized spacial score (nSPS) is 14.5. The van der Waals surface area contributed by atoms with Crippen molar-refractivity contribution in [2.75, 3.05) is 13.1 Å². The second-order valence-corrected chi connectivity index (χ2v) is 10.5. The van der Waals surface area contributed by atoms with E-state index in [0.717, 1.165) is 81.0 Å². The fourth-order valence-corrected chi connectivity index (χ4v) is 5.67. The van der Waals surface area contributed by atoms with Gasteiger partial charge in [0.1, 0.15) is 23.1 Å². The van der Waals surface area contributed by atoms with E-state index in [1.165, 1.54) is 4.88 Å². The highest BCUT2D eigenvalue weighted by Gasteiger charge is 2.18. The number of ether oxygens (including phenoxy) is 1. The Hall–Kier alpha value is -4.15. The van der Waals surface area contributed by atoms with Crippen LogP contribution in [0.2, 0.25) is 0 Å². The van der Waals surface area contributed by atoms with Gasteiger partial charge in [-0.2, -0.15) is 5.10 Å². The number of pyridine rings is 3. The number of aromatic amines is 2. The summed E-state index contributed by atoms with van der Waals surface area (Å²) in [6.07, 6.45) is 11.2. The number of H-pyrrole nitrogens is 2. The molecule has 0 bridgehead atoms. The number of hydrogen-bond acceptors (Lipinski definition) is 8. The van der Waals surface area contributed by atoms with Gasteiger partial charge in [0.05, 0.1) is 35.3 Å². The fraction of sp³-hybridized carbons (Fsp3) is 0.222. The smallest absolute Gasteiger partial charge is 0.159 e. The van der Waals surface area contributed by atoms with E-state index in [0.29, 0.717) is 5.82 Å². The molecule has 10 heteroatoms. The highest BCUT2D eigenvalue weighted by Crippen LogP contribution is 2.34. The lowest BCUT2D eigenvalue weighted by Crippen LogP contribution is -2.34. The van der Waals surface area contributed by atoms with Crippen molar-refractivity contribution in [3.63, 3.8) is 0 Å². The summed E-state index contributed by atoms with van der Waals surface area (Å²) in [6.45, 7) is 4.06. The molecule has 0 aliphatic carbocycles. The third-order valence-electron chi connectivity index (χ3n) is 6.67. The first-order valence-electron chi connectivity index (χ1n) is 12.3. The molecule has 7 heterocycles. The molecule has 0 saturated carbocycles. The van der Waals surface area contributed by atoms with Crippen molar-refractivity contribution in [2.45, 2.75) is 25.9 Å². The topological polar surface area (TPSA) is 117 Å². The molecule has 3 N–H and O–H groups in total. The molecule has 0 radical (unpaired) electrons. The minimum absolute atomic E-state index is 0.208. The molecular formula is C27H24N8OS. The molecule has 1 fully saturated rings. The van der Waals surface area contributed by atoms with Gasteiger partial charge < -0.3 is 15.0 Å². The summed E-state index contributed by atoms with van der Waals surface area (Å²) in [5.41, 5.74) is 6.02. The lowest BCUT2D eigenvalue weighted by Gasteiger charge is -2.23. The molecule has 0 spiro atoms. The van der Waals surface area contributed by atoms with E-state index in [-0.39, 0.29) is 6.10 Å². The Labute approximate surface area is 216 Å². The van der Waals surface area contributed by atoms with Crippen LogP contribution in [-0.2, 0) is 0 Å². The first-order chi connectivity index (χ1) is 18.2. The van der Waals surface area contributed by atoms with Crippen LogP contribution in [0.25, 0.3) is 55.2 Å². The van der Waals surface area contributed by atoms with Crippen LogP contribution in [0.15, 0.2) is 55.2 Å². The Morgan fingerprint density at radius 3 is 2.73 bits per heavy atom. The number of nitrogens with one attached hydrogen (secondary N) is 3. The monoisotopic (exact) mass is 508 g/mol. The van der Waals surface area contributed by atoms with E-state index >= 15 is 0 Å². The van der Waals surface area contributed by atoms with Gasteiger partial charge in [0, 0.05) is 38.7 Å². The predicted octanol–water partition coefficient (Wildman–Crippen LogP) is 5.13. The lowest BCUT2D eigenvalue weighted by atomic mass is 10.1. The van der Waals surface area contributed by atoms with Gasteiger partial charge in [0.15, 0.2) is 5.82 Å². The van der Waals surface area contributed by atoms with Gasteiger partial charge >= 0.3 is 0 Å². The zero-order chi connectivity index (χ0) is 24.8. The van der Waals surface area contributed by atoms with Gasteiger partial charge in [0.2, 0.25) is 0 Å². The van der Waals surface area contributed by atoms with E-state index in [1.807, 2.05) is 24.5 Å². The Kier molecular flexibility index (Phi) is 5.40. The van der Waals surface area contributed by atoms with Crippen molar-refractivity contribution in [3.8, 4) is 39.0 Å².